The third kappa shape index (κ3) is 4.47. The summed E-state index contributed by atoms with van der Waals surface area (Å²) in [5.74, 6) is -0.0884. The van der Waals surface area contributed by atoms with Gasteiger partial charge in [-0.25, -0.2) is 4.79 Å². The second-order valence-electron chi connectivity index (χ2n) is 6.33. The molecular formula is C18H27N3O2. The first kappa shape index (κ1) is 17.3. The summed E-state index contributed by atoms with van der Waals surface area (Å²) in [5.41, 5.74) is 1.33. The normalized spacial score (nSPS) is 17.3. The molecule has 0 radical (unpaired) electrons. The highest BCUT2D eigenvalue weighted by atomic mass is 16.2. The van der Waals surface area contributed by atoms with Gasteiger partial charge in [0.1, 0.15) is 0 Å². The Kier molecular flexibility index (Phi) is 6.02. The number of carbonyl (C=O) groups is 2. The van der Waals surface area contributed by atoms with E-state index in [9.17, 15) is 9.59 Å². The van der Waals surface area contributed by atoms with Gasteiger partial charge in [-0.3, -0.25) is 4.79 Å². The Morgan fingerprint density at radius 2 is 1.70 bits per heavy atom. The fourth-order valence-electron chi connectivity index (χ4n) is 3.55. The molecule has 0 aliphatic heterocycles. The van der Waals surface area contributed by atoms with Crippen molar-refractivity contribution in [3.63, 3.8) is 0 Å². The molecule has 0 aromatic heterocycles. The van der Waals surface area contributed by atoms with Crippen LogP contribution in [0.1, 0.15) is 45.1 Å². The molecule has 5 heteroatoms. The molecule has 0 spiro atoms. The zero-order valence-electron chi connectivity index (χ0n) is 14.0. The highest BCUT2D eigenvalue weighted by molar-refractivity contribution is 5.75. The molecule has 5 nitrogen and oxygen atoms in total. The van der Waals surface area contributed by atoms with Crippen LogP contribution in [0.25, 0.3) is 0 Å². The van der Waals surface area contributed by atoms with Gasteiger partial charge in [0, 0.05) is 31.5 Å². The highest BCUT2D eigenvalue weighted by Gasteiger charge is 2.41. The lowest BCUT2D eigenvalue weighted by Gasteiger charge is -2.36. The van der Waals surface area contributed by atoms with Crippen molar-refractivity contribution in [1.82, 2.24) is 16.0 Å². The van der Waals surface area contributed by atoms with E-state index in [0.717, 1.165) is 12.8 Å². The molecule has 0 unspecified atom stereocenters. The summed E-state index contributed by atoms with van der Waals surface area (Å²) in [6.07, 6.45) is 4.60. The summed E-state index contributed by atoms with van der Waals surface area (Å²) in [4.78, 5) is 22.9. The van der Waals surface area contributed by atoms with E-state index in [1.807, 2.05) is 6.07 Å². The molecule has 3 N–H and O–H groups in total. The van der Waals surface area contributed by atoms with Gasteiger partial charge in [-0.2, -0.15) is 0 Å². The minimum absolute atomic E-state index is 0.0240. The molecule has 0 bridgehead atoms. The molecule has 126 valence electrons. The first-order chi connectivity index (χ1) is 11.0. The number of hydrogen-bond donors (Lipinski definition) is 3. The average Bonchev–Trinajstić information content (AvgIpc) is 3.03. The first-order valence-corrected chi connectivity index (χ1v) is 8.39. The Labute approximate surface area is 138 Å². The second kappa shape index (κ2) is 7.99. The van der Waals surface area contributed by atoms with Crippen LogP contribution < -0.4 is 16.0 Å². The van der Waals surface area contributed by atoms with Crippen LogP contribution in [0.5, 0.6) is 0 Å². The zero-order valence-corrected chi connectivity index (χ0v) is 14.0. The Hall–Kier alpha value is -2.04. The topological polar surface area (TPSA) is 70.2 Å². The van der Waals surface area contributed by atoms with Gasteiger partial charge in [-0.05, 0) is 25.3 Å². The lowest BCUT2D eigenvalue weighted by Crippen LogP contribution is -2.51. The van der Waals surface area contributed by atoms with Crippen molar-refractivity contribution in [2.24, 2.45) is 0 Å². The molecule has 2 rings (SSSR count). The second-order valence-corrected chi connectivity index (χ2v) is 6.33. The van der Waals surface area contributed by atoms with Crippen LogP contribution in [-0.4, -0.2) is 31.1 Å². The number of hydrogen-bond acceptors (Lipinski definition) is 2. The van der Waals surface area contributed by atoms with Gasteiger partial charge < -0.3 is 16.0 Å². The van der Waals surface area contributed by atoms with E-state index in [2.05, 4.69) is 47.1 Å². The number of urea groups is 1. The standard InChI is InChI=1S/C18H27N3O2/c1-14(21-17(23)20-13-12-19-15(2)22)18(10-6-7-11-18)16-8-4-3-5-9-16/h3-5,8-9,14H,6-7,10-13H2,1-2H3,(H,19,22)(H2,20,21,23)/t14-/m1/s1. The fraction of sp³-hybridized carbons (Fsp3) is 0.556. The van der Waals surface area contributed by atoms with E-state index >= 15 is 0 Å². The summed E-state index contributed by atoms with van der Waals surface area (Å²) >= 11 is 0. The summed E-state index contributed by atoms with van der Waals surface area (Å²) in [6.45, 7) is 4.43. The average molecular weight is 317 g/mol. The fourth-order valence-corrected chi connectivity index (χ4v) is 3.55. The molecule has 23 heavy (non-hydrogen) atoms. The number of amides is 3. The van der Waals surface area contributed by atoms with Gasteiger partial charge in [0.2, 0.25) is 5.91 Å². The Balaban J connectivity index is 1.93. The van der Waals surface area contributed by atoms with Crippen molar-refractivity contribution in [2.45, 2.75) is 51.0 Å². The number of nitrogens with one attached hydrogen (secondary N) is 3. The number of benzene rings is 1. The van der Waals surface area contributed by atoms with Gasteiger partial charge in [-0.15, -0.1) is 0 Å². The van der Waals surface area contributed by atoms with Gasteiger partial charge in [0.25, 0.3) is 0 Å². The van der Waals surface area contributed by atoms with Crippen molar-refractivity contribution in [1.29, 1.82) is 0 Å². The van der Waals surface area contributed by atoms with Crippen LogP contribution in [0, 0.1) is 0 Å². The van der Waals surface area contributed by atoms with Crippen LogP contribution in [0.15, 0.2) is 30.3 Å². The summed E-state index contributed by atoms with van der Waals surface area (Å²) in [5, 5.41) is 8.54. The maximum absolute atomic E-state index is 12.1. The van der Waals surface area contributed by atoms with Crippen molar-refractivity contribution < 1.29 is 9.59 Å². The Morgan fingerprint density at radius 3 is 2.30 bits per heavy atom. The van der Waals surface area contributed by atoms with E-state index in [4.69, 9.17) is 0 Å². The highest BCUT2D eigenvalue weighted by Crippen LogP contribution is 2.43. The molecule has 0 heterocycles. The van der Waals surface area contributed by atoms with E-state index < -0.39 is 0 Å². The van der Waals surface area contributed by atoms with Crippen molar-refractivity contribution in [2.75, 3.05) is 13.1 Å². The Morgan fingerprint density at radius 1 is 1.09 bits per heavy atom. The van der Waals surface area contributed by atoms with Gasteiger partial charge >= 0.3 is 6.03 Å². The summed E-state index contributed by atoms with van der Waals surface area (Å²) in [6, 6.07) is 10.4. The molecule has 1 fully saturated rings. The molecular weight excluding hydrogens is 290 g/mol. The van der Waals surface area contributed by atoms with Gasteiger partial charge in [-0.1, -0.05) is 43.2 Å². The lowest BCUT2D eigenvalue weighted by atomic mass is 9.73. The van der Waals surface area contributed by atoms with Gasteiger partial charge in [0.15, 0.2) is 0 Å². The number of carbonyl (C=O) groups excluding carboxylic acids is 2. The molecule has 1 saturated carbocycles. The van der Waals surface area contributed by atoms with Crippen molar-refractivity contribution in [3.05, 3.63) is 35.9 Å². The van der Waals surface area contributed by atoms with Crippen LogP contribution >= 0.6 is 0 Å². The van der Waals surface area contributed by atoms with Crippen molar-refractivity contribution in [3.8, 4) is 0 Å². The molecule has 1 aliphatic carbocycles. The monoisotopic (exact) mass is 317 g/mol. The quantitative estimate of drug-likeness (QED) is 0.705. The van der Waals surface area contributed by atoms with E-state index in [1.165, 1.54) is 25.3 Å². The van der Waals surface area contributed by atoms with Crippen LogP contribution in [-0.2, 0) is 10.2 Å². The third-order valence-electron chi connectivity index (χ3n) is 4.81. The Bertz CT molecular complexity index is 524. The molecule has 1 aliphatic rings. The minimum atomic E-state index is -0.176. The maximum atomic E-state index is 12.1. The molecule has 1 aromatic carbocycles. The summed E-state index contributed by atoms with van der Waals surface area (Å²) < 4.78 is 0. The molecule has 3 amide bonds. The van der Waals surface area contributed by atoms with E-state index in [-0.39, 0.29) is 23.4 Å². The third-order valence-corrected chi connectivity index (χ3v) is 4.81. The van der Waals surface area contributed by atoms with E-state index in [0.29, 0.717) is 13.1 Å². The lowest BCUT2D eigenvalue weighted by molar-refractivity contribution is -0.118. The number of rotatable bonds is 6. The molecule has 0 saturated heterocycles. The smallest absolute Gasteiger partial charge is 0.315 e. The maximum Gasteiger partial charge on any atom is 0.315 e. The first-order valence-electron chi connectivity index (χ1n) is 8.39. The van der Waals surface area contributed by atoms with Crippen LogP contribution in [0.2, 0.25) is 0 Å². The zero-order chi connectivity index (χ0) is 16.7. The predicted octanol–water partition coefficient (Wildman–Crippen LogP) is 2.32. The largest absolute Gasteiger partial charge is 0.355 e. The SMILES string of the molecule is CC(=O)NCCNC(=O)N[C@H](C)C1(c2ccccc2)CCCC1. The molecule has 1 atom stereocenters. The van der Waals surface area contributed by atoms with Crippen LogP contribution in [0.3, 0.4) is 0 Å². The van der Waals surface area contributed by atoms with Crippen molar-refractivity contribution >= 4 is 11.9 Å². The summed E-state index contributed by atoms with van der Waals surface area (Å²) in [7, 11) is 0. The van der Waals surface area contributed by atoms with E-state index in [1.54, 1.807) is 0 Å². The molecule has 1 aromatic rings. The minimum Gasteiger partial charge on any atom is -0.355 e. The van der Waals surface area contributed by atoms with Gasteiger partial charge in [0.05, 0.1) is 0 Å². The predicted molar refractivity (Wildman–Crippen MR) is 91.3 cm³/mol. The van der Waals surface area contributed by atoms with Crippen LogP contribution in [0.4, 0.5) is 4.79 Å².